The van der Waals surface area contributed by atoms with Gasteiger partial charge in [-0.05, 0) is 26.9 Å². The van der Waals surface area contributed by atoms with Crippen LogP contribution in [-0.2, 0) is 0 Å². The minimum Gasteiger partial charge on any atom is -0.367 e. The Kier molecular flexibility index (Phi) is 3.67. The molecule has 1 saturated carbocycles. The molecule has 0 unspecified atom stereocenters. The number of nitrogens with zero attached hydrogens (tertiary/aromatic N) is 4. The lowest BCUT2D eigenvalue weighted by molar-refractivity contribution is 0.172. The number of fused-ring (bicyclic) bond motifs is 1. The van der Waals surface area contributed by atoms with Crippen LogP contribution in [0.2, 0.25) is 0 Å². The van der Waals surface area contributed by atoms with E-state index < -0.39 is 0 Å². The summed E-state index contributed by atoms with van der Waals surface area (Å²) in [4.78, 5) is 11.2. The molecule has 0 radical (unpaired) electrons. The molecule has 0 amide bonds. The first kappa shape index (κ1) is 14.1. The molecule has 7 heteroatoms. The summed E-state index contributed by atoms with van der Waals surface area (Å²) in [5.41, 5.74) is 0.975. The molecule has 0 aliphatic heterocycles. The zero-order valence-corrected chi connectivity index (χ0v) is 12.9. The Hall–Kier alpha value is -1.89. The number of likely N-dealkylation sites (N-methyl/N-ethyl adjacent to an activating group) is 1. The minimum atomic E-state index is 0.223. The van der Waals surface area contributed by atoms with E-state index in [1.165, 1.54) is 25.7 Å². The molecule has 0 spiro atoms. The van der Waals surface area contributed by atoms with Gasteiger partial charge < -0.3 is 15.5 Å². The van der Waals surface area contributed by atoms with E-state index in [1.807, 2.05) is 7.05 Å². The summed E-state index contributed by atoms with van der Waals surface area (Å²) in [6, 6.07) is 0. The zero-order valence-electron chi connectivity index (χ0n) is 12.9. The number of hydrogen-bond donors (Lipinski definition) is 3. The van der Waals surface area contributed by atoms with E-state index in [0.29, 0.717) is 5.95 Å². The molecule has 0 aromatic carbocycles. The van der Waals surface area contributed by atoms with Gasteiger partial charge in [-0.3, -0.25) is 5.10 Å². The Morgan fingerprint density at radius 1 is 1.29 bits per heavy atom. The fourth-order valence-corrected chi connectivity index (χ4v) is 3.14. The van der Waals surface area contributed by atoms with Crippen molar-refractivity contribution in [2.45, 2.75) is 31.2 Å². The molecule has 114 valence electrons. The normalized spacial score (nSPS) is 17.5. The molecule has 3 rings (SSSR count). The molecule has 3 N–H and O–H groups in total. The average molecular weight is 289 g/mol. The second kappa shape index (κ2) is 5.48. The van der Waals surface area contributed by atoms with Gasteiger partial charge >= 0.3 is 0 Å². The molecule has 7 nitrogen and oxygen atoms in total. The zero-order chi connectivity index (χ0) is 14.9. The molecule has 2 aromatic heterocycles. The predicted molar refractivity (Wildman–Crippen MR) is 84.6 cm³/mol. The van der Waals surface area contributed by atoms with Crippen molar-refractivity contribution in [3.05, 3.63) is 6.20 Å². The Morgan fingerprint density at radius 3 is 2.71 bits per heavy atom. The smallest absolute Gasteiger partial charge is 0.226 e. The van der Waals surface area contributed by atoms with Crippen molar-refractivity contribution in [2.75, 3.05) is 38.3 Å². The number of hydrogen-bond acceptors (Lipinski definition) is 6. The van der Waals surface area contributed by atoms with Crippen molar-refractivity contribution in [1.82, 2.24) is 25.1 Å². The van der Waals surface area contributed by atoms with Crippen molar-refractivity contribution in [2.24, 2.45) is 0 Å². The van der Waals surface area contributed by atoms with Gasteiger partial charge in [0.25, 0.3) is 0 Å². The Labute approximate surface area is 124 Å². The second-order valence-electron chi connectivity index (χ2n) is 5.96. The van der Waals surface area contributed by atoms with Crippen molar-refractivity contribution >= 4 is 22.8 Å². The van der Waals surface area contributed by atoms with Crippen LogP contribution < -0.4 is 10.6 Å². The number of anilines is 2. The third kappa shape index (κ3) is 2.53. The van der Waals surface area contributed by atoms with Gasteiger partial charge in [0, 0.05) is 19.1 Å². The first-order valence-corrected chi connectivity index (χ1v) is 7.45. The van der Waals surface area contributed by atoms with Crippen molar-refractivity contribution in [3.8, 4) is 0 Å². The van der Waals surface area contributed by atoms with E-state index >= 15 is 0 Å². The Morgan fingerprint density at radius 2 is 2.05 bits per heavy atom. The van der Waals surface area contributed by atoms with Crippen LogP contribution in [0.4, 0.5) is 11.8 Å². The van der Waals surface area contributed by atoms with Crippen molar-refractivity contribution < 1.29 is 0 Å². The van der Waals surface area contributed by atoms with E-state index in [-0.39, 0.29) is 5.54 Å². The number of aromatic nitrogens is 4. The van der Waals surface area contributed by atoms with E-state index in [4.69, 9.17) is 0 Å². The van der Waals surface area contributed by atoms with Crippen LogP contribution in [0, 0.1) is 0 Å². The highest BCUT2D eigenvalue weighted by molar-refractivity contribution is 5.86. The topological polar surface area (TPSA) is 81.8 Å². The van der Waals surface area contributed by atoms with Crippen LogP contribution in [0.3, 0.4) is 0 Å². The van der Waals surface area contributed by atoms with E-state index in [9.17, 15) is 0 Å². The molecule has 2 heterocycles. The summed E-state index contributed by atoms with van der Waals surface area (Å²) in [5, 5.41) is 14.4. The van der Waals surface area contributed by atoms with Gasteiger partial charge in [0.05, 0.1) is 11.6 Å². The minimum absolute atomic E-state index is 0.223. The van der Waals surface area contributed by atoms with Crippen LogP contribution >= 0.6 is 0 Å². The summed E-state index contributed by atoms with van der Waals surface area (Å²) in [6.07, 6.45) is 6.82. The van der Waals surface area contributed by atoms with Crippen LogP contribution in [0.15, 0.2) is 6.20 Å². The van der Waals surface area contributed by atoms with E-state index in [1.54, 1.807) is 6.20 Å². The fourth-order valence-electron chi connectivity index (χ4n) is 3.14. The van der Waals surface area contributed by atoms with Gasteiger partial charge in [0.1, 0.15) is 5.82 Å². The first-order valence-electron chi connectivity index (χ1n) is 7.45. The van der Waals surface area contributed by atoms with Crippen molar-refractivity contribution in [1.29, 1.82) is 0 Å². The standard InChI is InChI=1S/C14H23N7/c1-15-13-18-11(10-8-17-20-12(10)19-13)16-9-14(21(2)3)6-4-5-7-14/h8H,4-7,9H2,1-3H3,(H3,15,16,17,18,19,20). The van der Waals surface area contributed by atoms with Crippen LogP contribution in [0.5, 0.6) is 0 Å². The van der Waals surface area contributed by atoms with Crippen LogP contribution in [0.25, 0.3) is 11.0 Å². The Balaban J connectivity index is 1.85. The molecule has 21 heavy (non-hydrogen) atoms. The maximum atomic E-state index is 4.53. The molecule has 0 bridgehead atoms. The molecule has 1 fully saturated rings. The van der Waals surface area contributed by atoms with Crippen molar-refractivity contribution in [3.63, 3.8) is 0 Å². The summed E-state index contributed by atoms with van der Waals surface area (Å²) in [7, 11) is 6.15. The fraction of sp³-hybridized carbons (Fsp3) is 0.643. The Bertz CT molecular complexity index is 613. The largest absolute Gasteiger partial charge is 0.367 e. The maximum Gasteiger partial charge on any atom is 0.226 e. The lowest BCUT2D eigenvalue weighted by Gasteiger charge is -2.36. The summed E-state index contributed by atoms with van der Waals surface area (Å²) in [6.45, 7) is 0.889. The first-order chi connectivity index (χ1) is 10.1. The quantitative estimate of drug-likeness (QED) is 0.777. The molecule has 1 aliphatic rings. The highest BCUT2D eigenvalue weighted by atomic mass is 15.2. The SMILES string of the molecule is CNc1nc(NCC2(N(C)C)CCCC2)c2cn[nH]c2n1. The molecular weight excluding hydrogens is 266 g/mol. The highest BCUT2D eigenvalue weighted by Gasteiger charge is 2.35. The summed E-state index contributed by atoms with van der Waals surface area (Å²) >= 11 is 0. The molecule has 2 aromatic rings. The molecule has 1 aliphatic carbocycles. The van der Waals surface area contributed by atoms with Gasteiger partial charge in [-0.2, -0.15) is 15.1 Å². The van der Waals surface area contributed by atoms with Gasteiger partial charge in [-0.25, -0.2) is 0 Å². The number of H-pyrrole nitrogens is 1. The number of nitrogens with one attached hydrogen (secondary N) is 3. The summed E-state index contributed by atoms with van der Waals surface area (Å²) < 4.78 is 0. The van der Waals surface area contributed by atoms with Crippen LogP contribution in [0.1, 0.15) is 25.7 Å². The molecule has 0 saturated heterocycles. The third-order valence-electron chi connectivity index (χ3n) is 4.60. The monoisotopic (exact) mass is 289 g/mol. The number of aromatic amines is 1. The molecular formula is C14H23N7. The second-order valence-corrected chi connectivity index (χ2v) is 5.96. The predicted octanol–water partition coefficient (Wildman–Crippen LogP) is 1.68. The third-order valence-corrected chi connectivity index (χ3v) is 4.60. The van der Waals surface area contributed by atoms with Gasteiger partial charge in [-0.1, -0.05) is 12.8 Å². The van der Waals surface area contributed by atoms with Gasteiger partial charge in [0.15, 0.2) is 5.65 Å². The molecule has 0 atom stereocenters. The lowest BCUT2D eigenvalue weighted by atomic mass is 9.96. The van der Waals surface area contributed by atoms with E-state index in [0.717, 1.165) is 23.4 Å². The average Bonchev–Trinajstić information content (AvgIpc) is 3.14. The van der Waals surface area contributed by atoms with E-state index in [2.05, 4.69) is 49.8 Å². The number of rotatable bonds is 5. The summed E-state index contributed by atoms with van der Waals surface area (Å²) in [5.74, 6) is 1.44. The van der Waals surface area contributed by atoms with Gasteiger partial charge in [0.2, 0.25) is 5.95 Å². The highest BCUT2D eigenvalue weighted by Crippen LogP contribution is 2.34. The lowest BCUT2D eigenvalue weighted by Crippen LogP contribution is -2.47. The van der Waals surface area contributed by atoms with Gasteiger partial charge in [-0.15, -0.1) is 0 Å². The van der Waals surface area contributed by atoms with Crippen LogP contribution in [-0.4, -0.2) is 58.3 Å². The maximum absolute atomic E-state index is 4.53.